The van der Waals surface area contributed by atoms with Crippen molar-refractivity contribution in [3.05, 3.63) is 42.0 Å². The molecule has 0 aliphatic carbocycles. The number of benzene rings is 1. The van der Waals surface area contributed by atoms with E-state index in [0.29, 0.717) is 13.2 Å². The lowest BCUT2D eigenvalue weighted by molar-refractivity contribution is -0.123. The fourth-order valence-electron chi connectivity index (χ4n) is 2.00. The molecule has 0 N–H and O–H groups in total. The summed E-state index contributed by atoms with van der Waals surface area (Å²) in [5, 5.41) is 0. The minimum absolute atomic E-state index is 0.198. The van der Waals surface area contributed by atoms with E-state index in [1.807, 2.05) is 44.2 Å². The van der Waals surface area contributed by atoms with Crippen molar-refractivity contribution in [3.8, 4) is 0 Å². The summed E-state index contributed by atoms with van der Waals surface area (Å²) in [5.41, 5.74) is 0.702. The second kappa shape index (κ2) is 6.78. The molecule has 22 heavy (non-hydrogen) atoms. The maximum atomic E-state index is 12.7. The van der Waals surface area contributed by atoms with E-state index >= 15 is 0 Å². The molecule has 1 aliphatic rings. The highest BCUT2D eigenvalue weighted by atomic mass is 31.2. The Balaban J connectivity index is 2.09. The van der Waals surface area contributed by atoms with Gasteiger partial charge in [-0.3, -0.25) is 13.8 Å². The van der Waals surface area contributed by atoms with E-state index in [0.717, 1.165) is 5.56 Å². The normalized spacial score (nSPS) is 20.0. The summed E-state index contributed by atoms with van der Waals surface area (Å²) in [4.78, 5) is 12.3. The molecule has 5 nitrogen and oxygen atoms in total. The van der Waals surface area contributed by atoms with Crippen LogP contribution < -0.4 is 0 Å². The van der Waals surface area contributed by atoms with E-state index in [4.69, 9.17) is 9.05 Å². The molecule has 0 spiro atoms. The fourth-order valence-corrected chi connectivity index (χ4v) is 4.03. The summed E-state index contributed by atoms with van der Waals surface area (Å²) in [5.74, 6) is -0.380. The Morgan fingerprint density at radius 1 is 1.27 bits per heavy atom. The van der Waals surface area contributed by atoms with Gasteiger partial charge in [-0.05, 0) is 18.6 Å². The highest BCUT2D eigenvalue weighted by Gasteiger charge is 2.42. The van der Waals surface area contributed by atoms with Gasteiger partial charge >= 0.3 is 7.75 Å². The average molecular weight is 323 g/mol. The van der Waals surface area contributed by atoms with Gasteiger partial charge in [0.2, 0.25) is 0 Å². The Morgan fingerprint density at radius 2 is 1.86 bits per heavy atom. The summed E-state index contributed by atoms with van der Waals surface area (Å²) in [6, 6.07) is 9.45. The zero-order chi connectivity index (χ0) is 16.2. The molecule has 0 bridgehead atoms. The van der Waals surface area contributed by atoms with Crippen molar-refractivity contribution in [2.45, 2.75) is 20.8 Å². The van der Waals surface area contributed by atoms with Crippen LogP contribution in [0.25, 0.3) is 6.08 Å². The van der Waals surface area contributed by atoms with Crippen molar-refractivity contribution in [1.29, 1.82) is 0 Å². The molecule has 2 rings (SSSR count). The number of likely N-dealkylation sites (N-methyl/N-ethyl adjacent to an activating group) is 1. The Hall–Kier alpha value is -1.42. The molecule has 120 valence electrons. The minimum atomic E-state index is -3.55. The van der Waals surface area contributed by atoms with Crippen LogP contribution in [0.5, 0.6) is 0 Å². The first-order valence-electron chi connectivity index (χ1n) is 7.30. The predicted molar refractivity (Wildman–Crippen MR) is 86.2 cm³/mol. The summed E-state index contributed by atoms with van der Waals surface area (Å²) < 4.78 is 24.7. The molecule has 0 atom stereocenters. The van der Waals surface area contributed by atoms with Gasteiger partial charge in [-0.2, -0.15) is 0 Å². The number of rotatable bonds is 4. The van der Waals surface area contributed by atoms with Crippen LogP contribution in [0.4, 0.5) is 0 Å². The molecular weight excluding hydrogens is 301 g/mol. The van der Waals surface area contributed by atoms with E-state index in [-0.39, 0.29) is 17.9 Å². The van der Waals surface area contributed by atoms with Gasteiger partial charge < -0.3 is 0 Å². The van der Waals surface area contributed by atoms with Gasteiger partial charge in [-0.25, -0.2) is 9.24 Å². The summed E-state index contributed by atoms with van der Waals surface area (Å²) >= 11 is 0. The van der Waals surface area contributed by atoms with E-state index < -0.39 is 7.75 Å². The van der Waals surface area contributed by atoms with Gasteiger partial charge in [-0.1, -0.05) is 44.2 Å². The van der Waals surface area contributed by atoms with Crippen LogP contribution in [0.3, 0.4) is 0 Å². The van der Waals surface area contributed by atoms with Gasteiger partial charge in [0.25, 0.3) is 5.91 Å². The number of hydrogen-bond donors (Lipinski definition) is 0. The second-order valence-electron chi connectivity index (χ2n) is 5.98. The number of carbonyl (C=O) groups excluding carboxylic acids is 1. The molecule has 0 unspecified atom stereocenters. The van der Waals surface area contributed by atoms with Crippen LogP contribution in [0.15, 0.2) is 36.4 Å². The Labute approximate surface area is 131 Å². The number of hydrogen-bond acceptors (Lipinski definition) is 4. The average Bonchev–Trinajstić information content (AvgIpc) is 2.50. The molecule has 1 fully saturated rings. The van der Waals surface area contributed by atoms with Crippen molar-refractivity contribution in [1.82, 2.24) is 4.67 Å². The van der Waals surface area contributed by atoms with Crippen molar-refractivity contribution in [3.63, 3.8) is 0 Å². The fraction of sp³-hybridized carbons (Fsp3) is 0.438. The van der Waals surface area contributed by atoms with Crippen LogP contribution >= 0.6 is 7.75 Å². The van der Waals surface area contributed by atoms with Gasteiger partial charge in [0.1, 0.15) is 0 Å². The van der Waals surface area contributed by atoms with E-state index in [9.17, 15) is 9.36 Å². The highest BCUT2D eigenvalue weighted by molar-refractivity contribution is 7.52. The maximum absolute atomic E-state index is 12.7. The predicted octanol–water partition coefficient (Wildman–Crippen LogP) is 3.73. The molecule has 6 heteroatoms. The number of nitrogens with zero attached hydrogens (tertiary/aromatic N) is 1. The van der Waals surface area contributed by atoms with E-state index in [1.54, 1.807) is 13.0 Å². The van der Waals surface area contributed by atoms with Crippen LogP contribution in [0.1, 0.15) is 26.3 Å². The summed E-state index contributed by atoms with van der Waals surface area (Å²) in [6.07, 6.45) is 3.08. The summed E-state index contributed by atoms with van der Waals surface area (Å²) in [7, 11) is -3.55. The standard InChI is InChI=1S/C16H22NO4P/c1-4-17(22(19)20-12-16(2,3)13-21-22)15(18)11-10-14-8-6-5-7-9-14/h5-11H,4,12-13H2,1-3H3. The van der Waals surface area contributed by atoms with E-state index in [2.05, 4.69) is 0 Å². The summed E-state index contributed by atoms with van der Waals surface area (Å²) in [6.45, 7) is 6.54. The number of amides is 1. The third-order valence-electron chi connectivity index (χ3n) is 3.30. The lowest BCUT2D eigenvalue weighted by Gasteiger charge is -2.37. The van der Waals surface area contributed by atoms with Crippen molar-refractivity contribution < 1.29 is 18.4 Å². The highest BCUT2D eigenvalue weighted by Crippen LogP contribution is 2.56. The third-order valence-corrected chi connectivity index (χ3v) is 5.29. The van der Waals surface area contributed by atoms with Crippen LogP contribution in [0, 0.1) is 5.41 Å². The largest absolute Gasteiger partial charge is 0.437 e. The first-order valence-corrected chi connectivity index (χ1v) is 8.80. The first-order chi connectivity index (χ1) is 10.4. The molecule has 1 heterocycles. The van der Waals surface area contributed by atoms with Gasteiger partial charge in [0.05, 0.1) is 13.2 Å². The zero-order valence-corrected chi connectivity index (χ0v) is 14.1. The molecule has 1 aliphatic heterocycles. The third kappa shape index (κ3) is 4.07. The lowest BCUT2D eigenvalue weighted by atomic mass is 9.97. The second-order valence-corrected chi connectivity index (χ2v) is 7.91. The maximum Gasteiger partial charge on any atom is 0.437 e. The Morgan fingerprint density at radius 3 is 2.41 bits per heavy atom. The monoisotopic (exact) mass is 323 g/mol. The topological polar surface area (TPSA) is 55.8 Å². The van der Waals surface area contributed by atoms with Gasteiger partial charge in [0.15, 0.2) is 0 Å². The van der Waals surface area contributed by atoms with Gasteiger partial charge in [0, 0.05) is 18.0 Å². The molecular formula is C16H22NO4P. The SMILES string of the molecule is CCN(C(=O)C=Cc1ccccc1)P1(=O)OCC(C)(C)CO1. The van der Waals surface area contributed by atoms with Crippen LogP contribution in [-0.2, 0) is 18.4 Å². The van der Waals surface area contributed by atoms with Crippen molar-refractivity contribution >= 4 is 19.7 Å². The molecule has 0 saturated carbocycles. The van der Waals surface area contributed by atoms with E-state index in [1.165, 1.54) is 10.7 Å². The van der Waals surface area contributed by atoms with Crippen LogP contribution in [-0.4, -0.2) is 30.3 Å². The van der Waals surface area contributed by atoms with Crippen LogP contribution in [0.2, 0.25) is 0 Å². The first kappa shape index (κ1) is 16.9. The smallest absolute Gasteiger partial charge is 0.291 e. The Kier molecular flexibility index (Phi) is 5.22. The molecule has 1 amide bonds. The molecule has 1 aromatic rings. The lowest BCUT2D eigenvalue weighted by Crippen LogP contribution is -2.36. The zero-order valence-electron chi connectivity index (χ0n) is 13.2. The quantitative estimate of drug-likeness (QED) is 0.626. The van der Waals surface area contributed by atoms with Crippen molar-refractivity contribution in [2.24, 2.45) is 5.41 Å². The van der Waals surface area contributed by atoms with Gasteiger partial charge in [-0.15, -0.1) is 0 Å². The van der Waals surface area contributed by atoms with Crippen molar-refractivity contribution in [2.75, 3.05) is 19.8 Å². The molecule has 1 saturated heterocycles. The molecule has 0 aromatic heterocycles. The molecule has 0 radical (unpaired) electrons. The minimum Gasteiger partial charge on any atom is -0.291 e. The molecule has 1 aromatic carbocycles. The number of carbonyl (C=O) groups is 1. The Bertz CT molecular complexity index is 583.